The predicted molar refractivity (Wildman–Crippen MR) is 66.0 cm³/mol. The molecule has 1 aromatic carbocycles. The van der Waals surface area contributed by atoms with E-state index < -0.39 is 10.8 Å². The largest absolute Gasteiger partial charge is 0.497 e. The van der Waals surface area contributed by atoms with Crippen LogP contribution in [0.15, 0.2) is 18.2 Å². The summed E-state index contributed by atoms with van der Waals surface area (Å²) < 4.78 is 21.6. The highest BCUT2D eigenvalue weighted by Crippen LogP contribution is 2.19. The number of rotatable bonds is 6. The van der Waals surface area contributed by atoms with E-state index >= 15 is 0 Å². The fourth-order valence-corrected chi connectivity index (χ4v) is 2.36. The van der Waals surface area contributed by atoms with E-state index in [2.05, 4.69) is 0 Å². The second kappa shape index (κ2) is 6.50. The van der Waals surface area contributed by atoms with E-state index in [0.29, 0.717) is 29.5 Å². The lowest BCUT2D eigenvalue weighted by atomic mass is 10.2. The molecular formula is C11H17NO3S. The van der Waals surface area contributed by atoms with Gasteiger partial charge in [0.05, 0.1) is 13.7 Å². The molecule has 0 saturated carbocycles. The molecule has 1 unspecified atom stereocenters. The molecule has 0 aromatic heterocycles. The molecule has 5 heteroatoms. The zero-order chi connectivity index (χ0) is 12.0. The molecule has 0 bridgehead atoms. The summed E-state index contributed by atoms with van der Waals surface area (Å²) in [4.78, 5) is 0. The lowest BCUT2D eigenvalue weighted by Crippen LogP contribution is -2.06. The average Bonchev–Trinajstić information content (AvgIpc) is 2.25. The van der Waals surface area contributed by atoms with Gasteiger partial charge in [-0.3, -0.25) is 4.21 Å². The highest BCUT2D eigenvalue weighted by atomic mass is 32.2. The van der Waals surface area contributed by atoms with Gasteiger partial charge in [-0.15, -0.1) is 0 Å². The third-order valence-corrected chi connectivity index (χ3v) is 3.34. The van der Waals surface area contributed by atoms with Crippen LogP contribution in [-0.2, 0) is 21.3 Å². The summed E-state index contributed by atoms with van der Waals surface area (Å²) in [6, 6.07) is 5.40. The van der Waals surface area contributed by atoms with Crippen LogP contribution < -0.4 is 10.5 Å². The Labute approximate surface area is 98.2 Å². The Morgan fingerprint density at radius 1 is 1.31 bits per heavy atom. The zero-order valence-corrected chi connectivity index (χ0v) is 10.4. The Kier molecular flexibility index (Phi) is 5.28. The maximum Gasteiger partial charge on any atom is 0.121 e. The lowest BCUT2D eigenvalue weighted by Gasteiger charge is -2.06. The van der Waals surface area contributed by atoms with Crippen LogP contribution in [-0.4, -0.2) is 30.8 Å². The van der Waals surface area contributed by atoms with Crippen LogP contribution in [0.5, 0.6) is 5.75 Å². The van der Waals surface area contributed by atoms with E-state index in [0.717, 1.165) is 5.56 Å². The molecule has 1 rings (SSSR count). The van der Waals surface area contributed by atoms with Crippen LogP contribution in [0.3, 0.4) is 0 Å². The summed E-state index contributed by atoms with van der Waals surface area (Å²) in [7, 11) is 2.26. The molecule has 0 aliphatic rings. The minimum Gasteiger partial charge on any atom is -0.497 e. The summed E-state index contributed by atoms with van der Waals surface area (Å²) in [6.07, 6.45) is 0. The topological polar surface area (TPSA) is 61.5 Å². The number of ether oxygens (including phenoxy) is 2. The van der Waals surface area contributed by atoms with E-state index in [1.54, 1.807) is 20.3 Å². The van der Waals surface area contributed by atoms with Crippen LogP contribution in [0, 0.1) is 0 Å². The molecule has 2 N–H and O–H groups in total. The molecule has 0 saturated heterocycles. The number of anilines is 1. The van der Waals surface area contributed by atoms with Crippen LogP contribution in [0.1, 0.15) is 5.56 Å². The molecule has 0 aliphatic heterocycles. The van der Waals surface area contributed by atoms with Gasteiger partial charge in [-0.25, -0.2) is 0 Å². The maximum absolute atomic E-state index is 11.6. The summed E-state index contributed by atoms with van der Waals surface area (Å²) in [5.41, 5.74) is 7.25. The first-order chi connectivity index (χ1) is 7.65. The molecule has 0 radical (unpaired) electrons. The van der Waals surface area contributed by atoms with Gasteiger partial charge in [0.1, 0.15) is 5.75 Å². The van der Waals surface area contributed by atoms with Gasteiger partial charge in [-0.1, -0.05) is 0 Å². The van der Waals surface area contributed by atoms with Crippen LogP contribution in [0.4, 0.5) is 5.69 Å². The predicted octanol–water partition coefficient (Wildman–Crippen LogP) is 1.17. The van der Waals surface area contributed by atoms with E-state index in [1.165, 1.54) is 0 Å². The van der Waals surface area contributed by atoms with Crippen molar-refractivity contribution < 1.29 is 13.7 Å². The van der Waals surface area contributed by atoms with Crippen molar-refractivity contribution in [1.82, 2.24) is 0 Å². The molecule has 16 heavy (non-hydrogen) atoms. The van der Waals surface area contributed by atoms with Crippen LogP contribution in [0.2, 0.25) is 0 Å². The normalized spacial score (nSPS) is 12.4. The summed E-state index contributed by atoms with van der Waals surface area (Å²) >= 11 is 0. The van der Waals surface area contributed by atoms with Gasteiger partial charge in [-0.05, 0) is 17.7 Å². The number of hydrogen-bond donors (Lipinski definition) is 1. The number of nitrogens with two attached hydrogens (primary N) is 1. The molecule has 0 spiro atoms. The van der Waals surface area contributed by atoms with Crippen molar-refractivity contribution in [1.29, 1.82) is 0 Å². The molecule has 0 heterocycles. The van der Waals surface area contributed by atoms with Crippen molar-refractivity contribution in [2.45, 2.75) is 5.75 Å². The molecule has 90 valence electrons. The molecule has 1 aromatic rings. The number of nitrogen functional groups attached to an aromatic ring is 1. The summed E-state index contributed by atoms with van der Waals surface area (Å²) in [6.45, 7) is 0.506. The van der Waals surface area contributed by atoms with Gasteiger partial charge >= 0.3 is 0 Å². The van der Waals surface area contributed by atoms with Gasteiger partial charge in [0.15, 0.2) is 0 Å². The Balaban J connectivity index is 2.65. The van der Waals surface area contributed by atoms with Gasteiger partial charge in [0, 0.05) is 41.2 Å². The van der Waals surface area contributed by atoms with Crippen molar-refractivity contribution in [3.8, 4) is 5.75 Å². The van der Waals surface area contributed by atoms with Crippen LogP contribution >= 0.6 is 0 Å². The highest BCUT2D eigenvalue weighted by Gasteiger charge is 2.04. The summed E-state index contributed by atoms with van der Waals surface area (Å²) in [5.74, 6) is 1.71. The van der Waals surface area contributed by atoms with Crippen molar-refractivity contribution in [3.05, 3.63) is 23.8 Å². The minimum absolute atomic E-state index is 0.477. The van der Waals surface area contributed by atoms with Crippen molar-refractivity contribution in [2.75, 3.05) is 32.3 Å². The molecule has 0 fully saturated rings. The van der Waals surface area contributed by atoms with Gasteiger partial charge in [0.25, 0.3) is 0 Å². The number of hydrogen-bond acceptors (Lipinski definition) is 4. The monoisotopic (exact) mass is 243 g/mol. The van der Waals surface area contributed by atoms with Crippen LogP contribution in [0.25, 0.3) is 0 Å². The quantitative estimate of drug-likeness (QED) is 0.762. The molecular weight excluding hydrogens is 226 g/mol. The highest BCUT2D eigenvalue weighted by molar-refractivity contribution is 7.84. The van der Waals surface area contributed by atoms with E-state index in [1.807, 2.05) is 12.1 Å². The fourth-order valence-electron chi connectivity index (χ4n) is 1.32. The zero-order valence-electron chi connectivity index (χ0n) is 9.56. The van der Waals surface area contributed by atoms with Gasteiger partial charge < -0.3 is 15.2 Å². The van der Waals surface area contributed by atoms with E-state index in [9.17, 15) is 4.21 Å². The van der Waals surface area contributed by atoms with Crippen molar-refractivity contribution in [2.24, 2.45) is 0 Å². The third kappa shape index (κ3) is 4.20. The average molecular weight is 243 g/mol. The van der Waals surface area contributed by atoms with Crippen molar-refractivity contribution in [3.63, 3.8) is 0 Å². The Bertz CT molecular complexity index is 368. The molecule has 0 amide bonds. The van der Waals surface area contributed by atoms with E-state index in [4.69, 9.17) is 15.2 Å². The molecule has 4 nitrogen and oxygen atoms in total. The van der Waals surface area contributed by atoms with Gasteiger partial charge in [-0.2, -0.15) is 0 Å². The number of benzene rings is 1. The first kappa shape index (κ1) is 13.0. The minimum atomic E-state index is -0.926. The first-order valence-electron chi connectivity index (χ1n) is 4.93. The molecule has 1 atom stereocenters. The third-order valence-electron chi connectivity index (χ3n) is 2.07. The Morgan fingerprint density at radius 3 is 2.69 bits per heavy atom. The fraction of sp³-hybridized carbons (Fsp3) is 0.455. The second-order valence-electron chi connectivity index (χ2n) is 3.40. The first-order valence-corrected chi connectivity index (χ1v) is 6.42. The summed E-state index contributed by atoms with van der Waals surface area (Å²) in [5, 5.41) is 0. The number of methoxy groups -OCH3 is 2. The molecule has 0 aliphatic carbocycles. The van der Waals surface area contributed by atoms with E-state index in [-0.39, 0.29) is 0 Å². The standard InChI is InChI=1S/C11H17NO3S/c1-14-3-4-16(13)8-9-5-10(12)7-11(6-9)15-2/h5-7H,3-4,8,12H2,1-2H3. The Hall–Kier alpha value is -1.07. The van der Waals surface area contributed by atoms with Gasteiger partial charge in [0.2, 0.25) is 0 Å². The second-order valence-corrected chi connectivity index (χ2v) is 4.97. The SMILES string of the molecule is COCCS(=O)Cc1cc(N)cc(OC)c1. The maximum atomic E-state index is 11.6. The smallest absolute Gasteiger partial charge is 0.121 e. The van der Waals surface area contributed by atoms with Crippen molar-refractivity contribution >= 4 is 16.5 Å². The lowest BCUT2D eigenvalue weighted by molar-refractivity contribution is 0.218. The Morgan fingerprint density at radius 2 is 2.06 bits per heavy atom.